The maximum absolute atomic E-state index is 12.9. The number of carbonyl (C=O) groups excluding carboxylic acids is 1. The summed E-state index contributed by atoms with van der Waals surface area (Å²) in [6.45, 7) is 4.14. The van der Waals surface area contributed by atoms with E-state index in [1.54, 1.807) is 42.7 Å². The highest BCUT2D eigenvalue weighted by Crippen LogP contribution is 2.29. The van der Waals surface area contributed by atoms with Gasteiger partial charge < -0.3 is 15.2 Å². The summed E-state index contributed by atoms with van der Waals surface area (Å²) in [5.74, 6) is -0.105. The predicted molar refractivity (Wildman–Crippen MR) is 113 cm³/mol. The number of rotatable bonds is 7. The van der Waals surface area contributed by atoms with Crippen LogP contribution in [0.4, 0.5) is 18.9 Å². The third-order valence-corrected chi connectivity index (χ3v) is 4.84. The first-order valence-corrected chi connectivity index (χ1v) is 9.87. The topological polar surface area (TPSA) is 76.0 Å². The van der Waals surface area contributed by atoms with Gasteiger partial charge in [0, 0.05) is 31.7 Å². The zero-order valence-corrected chi connectivity index (χ0v) is 17.2. The van der Waals surface area contributed by atoms with Crippen molar-refractivity contribution in [2.45, 2.75) is 39.5 Å². The number of nitrogens with zero attached hydrogens (tertiary/aromatic N) is 2. The van der Waals surface area contributed by atoms with Gasteiger partial charge in [-0.3, -0.25) is 9.59 Å². The minimum Gasteiger partial charge on any atom is -0.381 e. The molecule has 164 valence electrons. The van der Waals surface area contributed by atoms with E-state index in [-0.39, 0.29) is 24.6 Å². The van der Waals surface area contributed by atoms with E-state index < -0.39 is 11.7 Å². The average molecular weight is 432 g/mol. The molecule has 0 fully saturated rings. The Bertz CT molecular complexity index is 1160. The van der Waals surface area contributed by atoms with Crippen molar-refractivity contribution < 1.29 is 18.0 Å². The molecular formula is C22H23F3N4O2. The summed E-state index contributed by atoms with van der Waals surface area (Å²) in [5, 5.41) is 5.84. The number of benzene rings is 2. The number of amides is 1. The van der Waals surface area contributed by atoms with E-state index in [9.17, 15) is 22.8 Å². The van der Waals surface area contributed by atoms with E-state index in [0.29, 0.717) is 40.9 Å². The fraction of sp³-hybridized carbons (Fsp3) is 0.318. The van der Waals surface area contributed by atoms with Crippen LogP contribution in [0.25, 0.3) is 11.0 Å². The van der Waals surface area contributed by atoms with Crippen LogP contribution in [0, 0.1) is 6.92 Å². The fourth-order valence-electron chi connectivity index (χ4n) is 3.19. The minimum atomic E-state index is -4.40. The molecule has 6 nitrogen and oxygen atoms in total. The first-order valence-electron chi connectivity index (χ1n) is 9.87. The molecule has 31 heavy (non-hydrogen) atoms. The molecule has 0 saturated carbocycles. The lowest BCUT2D eigenvalue weighted by Gasteiger charge is -2.14. The van der Waals surface area contributed by atoms with Crippen molar-refractivity contribution >= 4 is 22.6 Å². The minimum absolute atomic E-state index is 0.105. The first kappa shape index (κ1) is 22.3. The molecule has 2 aromatic carbocycles. The second kappa shape index (κ2) is 9.20. The fourth-order valence-corrected chi connectivity index (χ4v) is 3.19. The number of hydrogen-bond acceptors (Lipinski definition) is 4. The van der Waals surface area contributed by atoms with Crippen molar-refractivity contribution in [2.24, 2.45) is 0 Å². The Morgan fingerprint density at radius 2 is 1.94 bits per heavy atom. The van der Waals surface area contributed by atoms with Crippen LogP contribution in [0.15, 0.2) is 47.3 Å². The van der Waals surface area contributed by atoms with Gasteiger partial charge in [0.25, 0.3) is 5.56 Å². The molecule has 0 spiro atoms. The lowest BCUT2D eigenvalue weighted by atomic mass is 10.1. The van der Waals surface area contributed by atoms with Gasteiger partial charge in [0.15, 0.2) is 0 Å². The quantitative estimate of drug-likeness (QED) is 0.595. The molecule has 1 aromatic heterocycles. The van der Waals surface area contributed by atoms with Crippen molar-refractivity contribution in [3.8, 4) is 0 Å². The second-order valence-electron chi connectivity index (χ2n) is 7.11. The predicted octanol–water partition coefficient (Wildman–Crippen LogP) is 3.86. The lowest BCUT2D eigenvalue weighted by Crippen LogP contribution is -2.31. The van der Waals surface area contributed by atoms with Crippen LogP contribution >= 0.6 is 0 Å². The zero-order valence-electron chi connectivity index (χ0n) is 17.2. The summed E-state index contributed by atoms with van der Waals surface area (Å²) in [6.07, 6.45) is -4.04. The molecule has 0 unspecified atom stereocenters. The molecule has 0 aliphatic heterocycles. The molecule has 1 heterocycles. The number of fused-ring (bicyclic) bond motifs is 1. The lowest BCUT2D eigenvalue weighted by molar-refractivity contribution is -0.137. The smallest absolute Gasteiger partial charge is 0.381 e. The molecule has 1 amide bonds. The van der Waals surface area contributed by atoms with E-state index in [0.717, 1.165) is 12.1 Å². The molecule has 0 atom stereocenters. The van der Waals surface area contributed by atoms with Crippen molar-refractivity contribution in [3.63, 3.8) is 0 Å². The van der Waals surface area contributed by atoms with Crippen molar-refractivity contribution in [3.05, 3.63) is 69.6 Å². The third-order valence-electron chi connectivity index (χ3n) is 4.84. The molecule has 3 rings (SSSR count). The second-order valence-corrected chi connectivity index (χ2v) is 7.11. The number of aryl methyl sites for hydroxylation is 1. The Labute approximate surface area is 177 Å². The largest absolute Gasteiger partial charge is 0.416 e. The molecule has 3 aromatic rings. The summed E-state index contributed by atoms with van der Waals surface area (Å²) < 4.78 is 40.3. The molecule has 0 aliphatic rings. The van der Waals surface area contributed by atoms with Crippen LogP contribution in [-0.4, -0.2) is 22.0 Å². The van der Waals surface area contributed by atoms with E-state index in [1.807, 2.05) is 0 Å². The zero-order chi connectivity index (χ0) is 22.6. The maximum Gasteiger partial charge on any atom is 0.416 e. The molecule has 9 heteroatoms. The van der Waals surface area contributed by atoms with E-state index in [2.05, 4.69) is 15.6 Å². The van der Waals surface area contributed by atoms with Crippen LogP contribution in [-0.2, 0) is 24.1 Å². The summed E-state index contributed by atoms with van der Waals surface area (Å²) in [6, 6.07) is 10.4. The Balaban J connectivity index is 1.84. The summed E-state index contributed by atoms with van der Waals surface area (Å²) in [4.78, 5) is 28.4. The van der Waals surface area contributed by atoms with Crippen LogP contribution in [0.1, 0.15) is 30.2 Å². The van der Waals surface area contributed by atoms with Gasteiger partial charge in [0.1, 0.15) is 5.69 Å². The standard InChI is InChI=1S/C22H23F3N4O2/c1-3-20(30)26-9-10-29-19-12-17(7-8-18(19)28-14(2)21(29)31)27-13-15-5-4-6-16(11-15)22(23,24)25/h4-8,11-12,27H,3,9-10,13H2,1-2H3,(H,26,30). The van der Waals surface area contributed by atoms with Crippen LogP contribution in [0.5, 0.6) is 0 Å². The number of hydrogen-bond donors (Lipinski definition) is 2. The number of aromatic nitrogens is 2. The van der Waals surface area contributed by atoms with Gasteiger partial charge in [0.2, 0.25) is 5.91 Å². The SMILES string of the molecule is CCC(=O)NCCn1c(=O)c(C)nc2ccc(NCc3cccc(C(F)(F)F)c3)cc21. The Kier molecular flexibility index (Phi) is 6.62. The Hall–Kier alpha value is -3.36. The highest BCUT2D eigenvalue weighted by Gasteiger charge is 2.30. The van der Waals surface area contributed by atoms with Gasteiger partial charge in [-0.15, -0.1) is 0 Å². The van der Waals surface area contributed by atoms with Crippen LogP contribution in [0.3, 0.4) is 0 Å². The average Bonchev–Trinajstić information content (AvgIpc) is 2.74. The molecule has 0 aliphatic carbocycles. The van der Waals surface area contributed by atoms with Crippen molar-refractivity contribution in [2.75, 3.05) is 11.9 Å². The van der Waals surface area contributed by atoms with Crippen molar-refractivity contribution in [1.82, 2.24) is 14.9 Å². The van der Waals surface area contributed by atoms with Crippen LogP contribution in [0.2, 0.25) is 0 Å². The molecule has 2 N–H and O–H groups in total. The Morgan fingerprint density at radius 3 is 2.65 bits per heavy atom. The normalized spacial score (nSPS) is 11.5. The number of carbonyl (C=O) groups is 1. The number of anilines is 1. The van der Waals surface area contributed by atoms with Crippen molar-refractivity contribution in [1.29, 1.82) is 0 Å². The van der Waals surface area contributed by atoms with Gasteiger partial charge in [-0.2, -0.15) is 13.2 Å². The summed E-state index contributed by atoms with van der Waals surface area (Å²) in [7, 11) is 0. The van der Waals surface area contributed by atoms with Gasteiger partial charge in [-0.05, 0) is 42.8 Å². The summed E-state index contributed by atoms with van der Waals surface area (Å²) >= 11 is 0. The molecule has 0 bridgehead atoms. The number of halogens is 3. The van der Waals surface area contributed by atoms with Gasteiger partial charge in [0.05, 0.1) is 16.6 Å². The summed E-state index contributed by atoms with van der Waals surface area (Å²) in [5.41, 5.74) is 1.71. The van der Waals surface area contributed by atoms with Gasteiger partial charge >= 0.3 is 6.18 Å². The number of nitrogens with one attached hydrogen (secondary N) is 2. The highest BCUT2D eigenvalue weighted by atomic mass is 19.4. The third kappa shape index (κ3) is 5.42. The van der Waals surface area contributed by atoms with Gasteiger partial charge in [-0.25, -0.2) is 4.98 Å². The maximum atomic E-state index is 12.9. The van der Waals surface area contributed by atoms with Gasteiger partial charge in [-0.1, -0.05) is 19.1 Å². The molecule has 0 radical (unpaired) electrons. The molecule has 0 saturated heterocycles. The van der Waals surface area contributed by atoms with Crippen LogP contribution < -0.4 is 16.2 Å². The first-order chi connectivity index (χ1) is 14.7. The van der Waals surface area contributed by atoms with E-state index in [1.165, 1.54) is 6.07 Å². The van der Waals surface area contributed by atoms with E-state index >= 15 is 0 Å². The Morgan fingerprint density at radius 1 is 1.16 bits per heavy atom. The highest BCUT2D eigenvalue weighted by molar-refractivity contribution is 5.79. The number of alkyl halides is 3. The molecular weight excluding hydrogens is 409 g/mol. The van der Waals surface area contributed by atoms with E-state index in [4.69, 9.17) is 0 Å². The monoisotopic (exact) mass is 432 g/mol.